The van der Waals surface area contributed by atoms with Crippen LogP contribution in [-0.2, 0) is 11.3 Å². The summed E-state index contributed by atoms with van der Waals surface area (Å²) >= 11 is 3.60. The fourth-order valence-electron chi connectivity index (χ4n) is 2.61. The second kappa shape index (κ2) is 7.10. The third kappa shape index (κ3) is 3.86. The molecule has 2 aromatic carbocycles. The zero-order chi connectivity index (χ0) is 15.4. The molecule has 0 heterocycles. The first-order valence-electron chi connectivity index (χ1n) is 7.13. The smallest absolute Gasteiger partial charge is 0.0744 e. The number of benzene rings is 2. The highest BCUT2D eigenvalue weighted by Crippen LogP contribution is 2.29. The van der Waals surface area contributed by atoms with Crippen LogP contribution < -0.4 is 5.32 Å². The van der Waals surface area contributed by atoms with Crippen molar-refractivity contribution in [3.63, 3.8) is 0 Å². The van der Waals surface area contributed by atoms with Gasteiger partial charge in [0.05, 0.1) is 6.61 Å². The summed E-state index contributed by atoms with van der Waals surface area (Å²) in [5.74, 6) is 0. The van der Waals surface area contributed by atoms with Crippen molar-refractivity contribution in [2.75, 3.05) is 12.4 Å². The minimum absolute atomic E-state index is 0.246. The molecule has 0 saturated heterocycles. The van der Waals surface area contributed by atoms with Gasteiger partial charge in [0.2, 0.25) is 0 Å². The quantitative estimate of drug-likeness (QED) is 0.783. The monoisotopic (exact) mass is 347 g/mol. The molecule has 2 rings (SSSR count). The summed E-state index contributed by atoms with van der Waals surface area (Å²) in [6.45, 7) is 7.07. The van der Waals surface area contributed by atoms with E-state index in [0.29, 0.717) is 6.61 Å². The second-order valence-electron chi connectivity index (χ2n) is 5.43. The highest BCUT2D eigenvalue weighted by molar-refractivity contribution is 9.10. The number of methoxy groups -OCH3 is 1. The third-order valence-corrected chi connectivity index (χ3v) is 4.41. The number of hydrogen-bond acceptors (Lipinski definition) is 2. The number of rotatable bonds is 5. The summed E-state index contributed by atoms with van der Waals surface area (Å²) < 4.78 is 6.38. The van der Waals surface area contributed by atoms with E-state index in [0.717, 1.165) is 15.7 Å². The average Bonchev–Trinajstić information content (AvgIpc) is 2.42. The highest BCUT2D eigenvalue weighted by atomic mass is 79.9. The Morgan fingerprint density at radius 2 is 1.95 bits per heavy atom. The van der Waals surface area contributed by atoms with E-state index >= 15 is 0 Å². The van der Waals surface area contributed by atoms with E-state index in [1.807, 2.05) is 12.1 Å². The van der Waals surface area contributed by atoms with Gasteiger partial charge in [-0.05, 0) is 44.0 Å². The van der Waals surface area contributed by atoms with Gasteiger partial charge in [0, 0.05) is 28.9 Å². The predicted molar refractivity (Wildman–Crippen MR) is 92.8 cm³/mol. The Kier molecular flexibility index (Phi) is 5.43. The van der Waals surface area contributed by atoms with Crippen LogP contribution in [0.3, 0.4) is 0 Å². The van der Waals surface area contributed by atoms with Gasteiger partial charge in [0.15, 0.2) is 0 Å². The summed E-state index contributed by atoms with van der Waals surface area (Å²) in [6, 6.07) is 13.0. The summed E-state index contributed by atoms with van der Waals surface area (Å²) in [7, 11) is 1.72. The van der Waals surface area contributed by atoms with Crippen LogP contribution >= 0.6 is 15.9 Å². The van der Waals surface area contributed by atoms with Crippen LogP contribution in [0, 0.1) is 13.8 Å². The van der Waals surface area contributed by atoms with Crippen molar-refractivity contribution in [1.29, 1.82) is 0 Å². The van der Waals surface area contributed by atoms with E-state index in [-0.39, 0.29) is 6.04 Å². The Morgan fingerprint density at radius 3 is 2.62 bits per heavy atom. The van der Waals surface area contributed by atoms with Gasteiger partial charge in [-0.2, -0.15) is 0 Å². The lowest BCUT2D eigenvalue weighted by Gasteiger charge is -2.21. The standard InChI is InChI=1S/C18H22BrNO/c1-12-8-9-15(13(2)10-12)14(3)20-18-7-5-6-17(19)16(18)11-21-4/h5-10,14,20H,11H2,1-4H3. The van der Waals surface area contributed by atoms with Crippen molar-refractivity contribution in [3.05, 3.63) is 63.1 Å². The van der Waals surface area contributed by atoms with E-state index < -0.39 is 0 Å². The van der Waals surface area contributed by atoms with Crippen LogP contribution in [0.25, 0.3) is 0 Å². The van der Waals surface area contributed by atoms with E-state index in [9.17, 15) is 0 Å². The Bertz CT molecular complexity index is 625. The van der Waals surface area contributed by atoms with Crippen molar-refractivity contribution in [2.45, 2.75) is 33.4 Å². The molecule has 1 N–H and O–H groups in total. The molecule has 0 spiro atoms. The Morgan fingerprint density at radius 1 is 1.19 bits per heavy atom. The fourth-order valence-corrected chi connectivity index (χ4v) is 3.09. The maximum atomic E-state index is 5.31. The molecule has 2 aromatic rings. The molecule has 0 saturated carbocycles. The fraction of sp³-hybridized carbons (Fsp3) is 0.333. The topological polar surface area (TPSA) is 21.3 Å². The molecule has 0 bridgehead atoms. The van der Waals surface area contributed by atoms with Gasteiger partial charge in [-0.1, -0.05) is 45.8 Å². The average molecular weight is 348 g/mol. The molecule has 0 amide bonds. The van der Waals surface area contributed by atoms with Crippen LogP contribution in [0.2, 0.25) is 0 Å². The molecule has 3 heteroatoms. The van der Waals surface area contributed by atoms with Crippen molar-refractivity contribution >= 4 is 21.6 Å². The molecule has 0 aromatic heterocycles. The van der Waals surface area contributed by atoms with E-state index in [1.54, 1.807) is 7.11 Å². The number of ether oxygens (including phenoxy) is 1. The van der Waals surface area contributed by atoms with Crippen molar-refractivity contribution < 1.29 is 4.74 Å². The van der Waals surface area contributed by atoms with Crippen LogP contribution in [0.15, 0.2) is 40.9 Å². The first-order chi connectivity index (χ1) is 10.0. The summed E-state index contributed by atoms with van der Waals surface area (Å²) in [6.07, 6.45) is 0. The molecular weight excluding hydrogens is 326 g/mol. The molecule has 0 aliphatic carbocycles. The highest BCUT2D eigenvalue weighted by Gasteiger charge is 2.12. The number of nitrogens with one attached hydrogen (secondary N) is 1. The molecule has 0 aliphatic rings. The first-order valence-corrected chi connectivity index (χ1v) is 7.92. The van der Waals surface area contributed by atoms with Gasteiger partial charge in [0.25, 0.3) is 0 Å². The number of halogens is 1. The maximum Gasteiger partial charge on any atom is 0.0744 e. The molecule has 0 radical (unpaired) electrons. The predicted octanol–water partition coefficient (Wildman–Crippen LogP) is 5.39. The lowest BCUT2D eigenvalue weighted by molar-refractivity contribution is 0.185. The molecule has 1 atom stereocenters. The van der Waals surface area contributed by atoms with Gasteiger partial charge in [-0.3, -0.25) is 0 Å². The van der Waals surface area contributed by atoms with Gasteiger partial charge in [-0.15, -0.1) is 0 Å². The molecule has 0 fully saturated rings. The van der Waals surface area contributed by atoms with Crippen molar-refractivity contribution in [1.82, 2.24) is 0 Å². The minimum atomic E-state index is 0.246. The number of anilines is 1. The molecular formula is C18H22BrNO. The lowest BCUT2D eigenvalue weighted by Crippen LogP contribution is -2.10. The van der Waals surface area contributed by atoms with E-state index in [1.165, 1.54) is 16.7 Å². The Hall–Kier alpha value is -1.32. The van der Waals surface area contributed by atoms with Crippen molar-refractivity contribution in [2.24, 2.45) is 0 Å². The van der Waals surface area contributed by atoms with Gasteiger partial charge in [0.1, 0.15) is 0 Å². The van der Waals surface area contributed by atoms with Crippen LogP contribution in [0.5, 0.6) is 0 Å². The van der Waals surface area contributed by atoms with Crippen LogP contribution in [0.1, 0.15) is 35.2 Å². The lowest BCUT2D eigenvalue weighted by atomic mass is 10.00. The van der Waals surface area contributed by atoms with E-state index in [2.05, 4.69) is 66.3 Å². The zero-order valence-electron chi connectivity index (χ0n) is 13.0. The summed E-state index contributed by atoms with van der Waals surface area (Å²) in [5, 5.41) is 3.60. The van der Waals surface area contributed by atoms with Crippen LogP contribution in [0.4, 0.5) is 5.69 Å². The largest absolute Gasteiger partial charge is 0.380 e. The van der Waals surface area contributed by atoms with E-state index in [4.69, 9.17) is 4.74 Å². The normalized spacial score (nSPS) is 12.2. The zero-order valence-corrected chi connectivity index (χ0v) is 14.6. The first kappa shape index (κ1) is 16.1. The van der Waals surface area contributed by atoms with Crippen LogP contribution in [-0.4, -0.2) is 7.11 Å². The molecule has 0 aliphatic heterocycles. The van der Waals surface area contributed by atoms with Gasteiger partial charge >= 0.3 is 0 Å². The van der Waals surface area contributed by atoms with Gasteiger partial charge < -0.3 is 10.1 Å². The third-order valence-electron chi connectivity index (χ3n) is 3.67. The molecule has 112 valence electrons. The SMILES string of the molecule is COCc1c(Br)cccc1NC(C)c1ccc(C)cc1C. The summed E-state index contributed by atoms with van der Waals surface area (Å²) in [5.41, 5.74) is 6.20. The minimum Gasteiger partial charge on any atom is -0.380 e. The molecule has 2 nitrogen and oxygen atoms in total. The van der Waals surface area contributed by atoms with Crippen molar-refractivity contribution in [3.8, 4) is 0 Å². The number of aryl methyl sites for hydroxylation is 2. The Balaban J connectivity index is 2.27. The molecule has 1 unspecified atom stereocenters. The maximum absolute atomic E-state index is 5.31. The summed E-state index contributed by atoms with van der Waals surface area (Å²) in [4.78, 5) is 0. The molecule has 21 heavy (non-hydrogen) atoms. The number of hydrogen-bond donors (Lipinski definition) is 1. The second-order valence-corrected chi connectivity index (χ2v) is 6.28. The Labute approximate surface area is 135 Å². The van der Waals surface area contributed by atoms with Gasteiger partial charge in [-0.25, -0.2) is 0 Å².